The minimum Gasteiger partial charge on any atom is -0.458 e. The Kier molecular flexibility index (Phi) is 5.63. The van der Waals surface area contributed by atoms with Crippen LogP contribution in [0.25, 0.3) is 0 Å². The number of carbonyl (C=O) groups excluding carboxylic acids is 2. The van der Waals surface area contributed by atoms with E-state index in [2.05, 4.69) is 10.6 Å². The molecule has 5 nitrogen and oxygen atoms in total. The third-order valence-electron chi connectivity index (χ3n) is 3.05. The Morgan fingerprint density at radius 2 is 1.74 bits per heavy atom. The zero-order chi connectivity index (χ0) is 14.5. The minimum atomic E-state index is -0.636. The van der Waals surface area contributed by atoms with Gasteiger partial charge in [-0.2, -0.15) is 0 Å². The first-order valence-electron chi connectivity index (χ1n) is 7.08. The van der Waals surface area contributed by atoms with Crippen molar-refractivity contribution in [1.82, 2.24) is 10.6 Å². The lowest BCUT2D eigenvalue weighted by atomic mass is 9.96. The number of amides is 2. The van der Waals surface area contributed by atoms with Crippen LogP contribution in [0.2, 0.25) is 0 Å². The van der Waals surface area contributed by atoms with Gasteiger partial charge < -0.3 is 15.4 Å². The van der Waals surface area contributed by atoms with Gasteiger partial charge in [0.05, 0.1) is 0 Å². The van der Waals surface area contributed by atoms with Gasteiger partial charge in [-0.1, -0.05) is 19.3 Å². The fourth-order valence-corrected chi connectivity index (χ4v) is 2.12. The van der Waals surface area contributed by atoms with Crippen LogP contribution in [-0.4, -0.2) is 29.7 Å². The maximum absolute atomic E-state index is 11.8. The van der Waals surface area contributed by atoms with Crippen LogP contribution < -0.4 is 10.6 Å². The Balaban J connectivity index is 2.32. The number of hydrogen-bond acceptors (Lipinski definition) is 3. The molecule has 1 saturated carbocycles. The van der Waals surface area contributed by atoms with Crippen molar-refractivity contribution < 1.29 is 14.3 Å². The predicted molar refractivity (Wildman–Crippen MR) is 73.8 cm³/mol. The van der Waals surface area contributed by atoms with Crippen molar-refractivity contribution in [2.24, 2.45) is 0 Å². The van der Waals surface area contributed by atoms with Crippen LogP contribution in [0.5, 0.6) is 0 Å². The number of hydrogen-bond donors (Lipinski definition) is 2. The third kappa shape index (κ3) is 6.45. The van der Waals surface area contributed by atoms with Crippen molar-refractivity contribution in [3.8, 4) is 0 Å². The van der Waals surface area contributed by atoms with Gasteiger partial charge in [-0.3, -0.25) is 0 Å². The molecule has 1 atom stereocenters. The van der Waals surface area contributed by atoms with Crippen LogP contribution in [0.1, 0.15) is 59.8 Å². The second-order valence-electron chi connectivity index (χ2n) is 6.21. The highest BCUT2D eigenvalue weighted by molar-refractivity contribution is 5.83. The van der Waals surface area contributed by atoms with E-state index in [0.717, 1.165) is 25.7 Å². The summed E-state index contributed by atoms with van der Waals surface area (Å²) in [5.41, 5.74) is -0.535. The first-order chi connectivity index (χ1) is 8.78. The largest absolute Gasteiger partial charge is 0.458 e. The topological polar surface area (TPSA) is 67.4 Å². The van der Waals surface area contributed by atoms with Crippen molar-refractivity contribution >= 4 is 12.0 Å². The van der Waals surface area contributed by atoms with E-state index in [0.29, 0.717) is 0 Å². The number of rotatable bonds is 3. The molecule has 2 amide bonds. The lowest BCUT2D eigenvalue weighted by molar-refractivity contribution is -0.156. The lowest BCUT2D eigenvalue weighted by Crippen LogP contribution is -2.49. The predicted octanol–water partition coefficient (Wildman–Crippen LogP) is 2.35. The van der Waals surface area contributed by atoms with E-state index in [9.17, 15) is 9.59 Å². The van der Waals surface area contributed by atoms with Gasteiger partial charge in [0.15, 0.2) is 0 Å². The molecule has 2 N–H and O–H groups in total. The summed E-state index contributed by atoms with van der Waals surface area (Å²) in [7, 11) is 0. The Morgan fingerprint density at radius 1 is 1.16 bits per heavy atom. The maximum Gasteiger partial charge on any atom is 0.328 e. The monoisotopic (exact) mass is 270 g/mol. The molecule has 0 aliphatic heterocycles. The molecule has 1 rings (SSSR count). The summed E-state index contributed by atoms with van der Waals surface area (Å²) in [6.07, 6.45) is 5.61. The van der Waals surface area contributed by atoms with E-state index in [-0.39, 0.29) is 12.1 Å². The van der Waals surface area contributed by atoms with Crippen molar-refractivity contribution in [3.05, 3.63) is 0 Å². The molecule has 0 saturated heterocycles. The number of esters is 1. The normalized spacial score (nSPS) is 18.5. The highest BCUT2D eigenvalue weighted by Gasteiger charge is 2.24. The number of carbonyl (C=O) groups is 2. The van der Waals surface area contributed by atoms with Gasteiger partial charge in [-0.15, -0.1) is 0 Å². The molecule has 5 heteroatoms. The van der Waals surface area contributed by atoms with E-state index in [1.807, 2.05) is 0 Å². The van der Waals surface area contributed by atoms with Gasteiger partial charge in [0.2, 0.25) is 0 Å². The second kappa shape index (κ2) is 6.78. The molecular formula is C14H26N2O3. The molecule has 1 aliphatic rings. The fraction of sp³-hybridized carbons (Fsp3) is 0.857. The molecule has 0 aromatic carbocycles. The molecule has 110 valence electrons. The van der Waals surface area contributed by atoms with E-state index in [4.69, 9.17) is 4.74 Å². The molecule has 1 aliphatic carbocycles. The molecule has 0 heterocycles. The summed E-state index contributed by atoms with van der Waals surface area (Å²) in [6, 6.07) is -0.687. The molecule has 0 aromatic heterocycles. The molecule has 0 spiro atoms. The second-order valence-corrected chi connectivity index (χ2v) is 6.21. The minimum absolute atomic E-state index is 0.236. The van der Waals surface area contributed by atoms with Crippen LogP contribution in [0, 0.1) is 0 Å². The highest BCUT2D eigenvalue weighted by atomic mass is 16.6. The summed E-state index contributed by atoms with van der Waals surface area (Å²) in [6.45, 7) is 7.05. The average Bonchev–Trinajstić information content (AvgIpc) is 2.27. The quantitative estimate of drug-likeness (QED) is 0.774. The third-order valence-corrected chi connectivity index (χ3v) is 3.05. The number of nitrogens with one attached hydrogen (secondary N) is 2. The Bertz CT molecular complexity index is 317. The summed E-state index contributed by atoms with van der Waals surface area (Å²) in [5.74, 6) is -0.411. The molecule has 1 fully saturated rings. The van der Waals surface area contributed by atoms with Crippen LogP contribution in [0.4, 0.5) is 4.79 Å². The van der Waals surface area contributed by atoms with Crippen molar-refractivity contribution in [2.75, 3.05) is 0 Å². The molecule has 19 heavy (non-hydrogen) atoms. The average molecular weight is 270 g/mol. The van der Waals surface area contributed by atoms with Gasteiger partial charge in [-0.05, 0) is 40.5 Å². The van der Waals surface area contributed by atoms with E-state index >= 15 is 0 Å². The van der Waals surface area contributed by atoms with Gasteiger partial charge in [0.25, 0.3) is 0 Å². The van der Waals surface area contributed by atoms with Crippen molar-refractivity contribution in [3.63, 3.8) is 0 Å². The van der Waals surface area contributed by atoms with Crippen LogP contribution >= 0.6 is 0 Å². The van der Waals surface area contributed by atoms with Crippen LogP contribution in [0.3, 0.4) is 0 Å². The lowest BCUT2D eigenvalue weighted by Gasteiger charge is -2.25. The van der Waals surface area contributed by atoms with E-state index < -0.39 is 17.6 Å². The summed E-state index contributed by atoms with van der Waals surface area (Å²) >= 11 is 0. The van der Waals surface area contributed by atoms with Crippen molar-refractivity contribution in [1.29, 1.82) is 0 Å². The zero-order valence-corrected chi connectivity index (χ0v) is 12.4. The molecule has 0 aromatic rings. The standard InChI is InChI=1S/C14H26N2O3/c1-10(12(17)19-14(2,3)4)15-13(18)16-11-8-6-5-7-9-11/h10-11H,5-9H2,1-4H3,(H2,15,16,18)/t10-/m1/s1. The molecule has 0 radical (unpaired) electrons. The van der Waals surface area contributed by atoms with Crippen LogP contribution in [0.15, 0.2) is 0 Å². The summed E-state index contributed by atoms with van der Waals surface area (Å²) in [5, 5.41) is 5.53. The fourth-order valence-electron chi connectivity index (χ4n) is 2.12. The Morgan fingerprint density at radius 3 is 2.26 bits per heavy atom. The zero-order valence-electron chi connectivity index (χ0n) is 12.4. The van der Waals surface area contributed by atoms with E-state index in [1.165, 1.54) is 6.42 Å². The first-order valence-corrected chi connectivity index (χ1v) is 7.08. The number of urea groups is 1. The van der Waals surface area contributed by atoms with E-state index in [1.54, 1.807) is 27.7 Å². The summed E-state index contributed by atoms with van der Waals surface area (Å²) < 4.78 is 5.21. The maximum atomic E-state index is 11.8. The molecular weight excluding hydrogens is 244 g/mol. The van der Waals surface area contributed by atoms with Gasteiger partial charge in [0.1, 0.15) is 11.6 Å². The van der Waals surface area contributed by atoms with Crippen molar-refractivity contribution in [2.45, 2.75) is 77.5 Å². The first kappa shape index (κ1) is 15.8. The Hall–Kier alpha value is -1.26. The molecule has 0 unspecified atom stereocenters. The van der Waals surface area contributed by atoms with Gasteiger partial charge >= 0.3 is 12.0 Å². The van der Waals surface area contributed by atoms with Crippen LogP contribution in [-0.2, 0) is 9.53 Å². The van der Waals surface area contributed by atoms with Gasteiger partial charge in [-0.25, -0.2) is 9.59 Å². The smallest absolute Gasteiger partial charge is 0.328 e. The Labute approximate surface area is 115 Å². The summed E-state index contributed by atoms with van der Waals surface area (Å²) in [4.78, 5) is 23.5. The highest BCUT2D eigenvalue weighted by Crippen LogP contribution is 2.17. The van der Waals surface area contributed by atoms with Gasteiger partial charge in [0, 0.05) is 6.04 Å². The molecule has 0 bridgehead atoms. The SMILES string of the molecule is C[C@@H](NC(=O)NC1CCCCC1)C(=O)OC(C)(C)C. The number of ether oxygens (including phenoxy) is 1.